The standard InChI is InChI=1S/C19H26N2/c1-14(2)15-7-4-11-19(20,12-10-15)17-9-3-6-16-8-5-13-21-18(16)17/h3,5-6,8-9,13-15H,4,7,10-12,20H2,1-2H3. The molecule has 0 bridgehead atoms. The Labute approximate surface area is 127 Å². The molecule has 2 N–H and O–H groups in total. The van der Waals surface area contributed by atoms with Crippen LogP contribution < -0.4 is 5.73 Å². The fraction of sp³-hybridized carbons (Fsp3) is 0.526. The summed E-state index contributed by atoms with van der Waals surface area (Å²) in [6.07, 6.45) is 7.80. The van der Waals surface area contributed by atoms with Crippen LogP contribution in [0.3, 0.4) is 0 Å². The molecule has 2 atom stereocenters. The molecule has 1 aromatic heterocycles. The van der Waals surface area contributed by atoms with E-state index in [4.69, 9.17) is 5.73 Å². The highest BCUT2D eigenvalue weighted by molar-refractivity contribution is 5.82. The fourth-order valence-corrected chi connectivity index (χ4v) is 3.83. The van der Waals surface area contributed by atoms with Crippen molar-refractivity contribution in [2.24, 2.45) is 17.6 Å². The van der Waals surface area contributed by atoms with Crippen molar-refractivity contribution in [1.82, 2.24) is 4.98 Å². The summed E-state index contributed by atoms with van der Waals surface area (Å²) < 4.78 is 0. The molecule has 1 fully saturated rings. The molecule has 1 saturated carbocycles. The first-order chi connectivity index (χ1) is 10.1. The lowest BCUT2D eigenvalue weighted by atomic mass is 9.81. The molecular weight excluding hydrogens is 256 g/mol. The van der Waals surface area contributed by atoms with Crippen LogP contribution in [0.2, 0.25) is 0 Å². The summed E-state index contributed by atoms with van der Waals surface area (Å²) in [5.74, 6) is 1.58. The Morgan fingerprint density at radius 2 is 1.95 bits per heavy atom. The van der Waals surface area contributed by atoms with Crippen LogP contribution in [0.4, 0.5) is 0 Å². The monoisotopic (exact) mass is 282 g/mol. The van der Waals surface area contributed by atoms with Gasteiger partial charge in [-0.2, -0.15) is 0 Å². The van der Waals surface area contributed by atoms with E-state index in [9.17, 15) is 0 Å². The summed E-state index contributed by atoms with van der Waals surface area (Å²) in [6.45, 7) is 4.68. The Morgan fingerprint density at radius 1 is 1.14 bits per heavy atom. The summed E-state index contributed by atoms with van der Waals surface area (Å²) in [6, 6.07) is 10.6. The van der Waals surface area contributed by atoms with Crippen molar-refractivity contribution in [3.8, 4) is 0 Å². The van der Waals surface area contributed by atoms with Gasteiger partial charge >= 0.3 is 0 Å². The number of nitrogens with zero attached hydrogens (tertiary/aromatic N) is 1. The van der Waals surface area contributed by atoms with Gasteiger partial charge in [-0.15, -0.1) is 0 Å². The Morgan fingerprint density at radius 3 is 2.76 bits per heavy atom. The lowest BCUT2D eigenvalue weighted by molar-refractivity contribution is 0.326. The highest BCUT2D eigenvalue weighted by atomic mass is 14.8. The van der Waals surface area contributed by atoms with Gasteiger partial charge in [0.2, 0.25) is 0 Å². The zero-order valence-electron chi connectivity index (χ0n) is 13.2. The lowest BCUT2D eigenvalue weighted by Gasteiger charge is -2.30. The van der Waals surface area contributed by atoms with Gasteiger partial charge in [0.1, 0.15) is 0 Å². The molecule has 0 spiro atoms. The highest BCUT2D eigenvalue weighted by Gasteiger charge is 2.33. The number of hydrogen-bond donors (Lipinski definition) is 1. The van der Waals surface area contributed by atoms with E-state index in [1.54, 1.807) is 0 Å². The molecule has 21 heavy (non-hydrogen) atoms. The van der Waals surface area contributed by atoms with E-state index in [0.717, 1.165) is 30.2 Å². The van der Waals surface area contributed by atoms with Crippen LogP contribution in [-0.4, -0.2) is 4.98 Å². The highest BCUT2D eigenvalue weighted by Crippen LogP contribution is 2.40. The Bertz CT molecular complexity index is 614. The van der Waals surface area contributed by atoms with Crippen LogP contribution in [0, 0.1) is 11.8 Å². The average molecular weight is 282 g/mol. The minimum absolute atomic E-state index is 0.211. The number of para-hydroxylation sites is 1. The maximum Gasteiger partial charge on any atom is 0.0752 e. The molecule has 1 aliphatic carbocycles. The van der Waals surface area contributed by atoms with Crippen LogP contribution in [0.1, 0.15) is 51.5 Å². The summed E-state index contributed by atoms with van der Waals surface area (Å²) >= 11 is 0. The summed E-state index contributed by atoms with van der Waals surface area (Å²) in [5.41, 5.74) is 8.99. The first kappa shape index (κ1) is 14.5. The van der Waals surface area contributed by atoms with Crippen LogP contribution >= 0.6 is 0 Å². The number of fused-ring (bicyclic) bond motifs is 1. The van der Waals surface area contributed by atoms with Crippen molar-refractivity contribution in [2.45, 2.75) is 51.5 Å². The van der Waals surface area contributed by atoms with E-state index in [1.807, 2.05) is 12.3 Å². The van der Waals surface area contributed by atoms with Crippen molar-refractivity contribution >= 4 is 10.9 Å². The molecule has 0 radical (unpaired) electrons. The van der Waals surface area contributed by atoms with Gasteiger partial charge in [-0.05, 0) is 42.7 Å². The van der Waals surface area contributed by atoms with Gasteiger partial charge in [0.25, 0.3) is 0 Å². The van der Waals surface area contributed by atoms with Crippen LogP contribution in [0.15, 0.2) is 36.5 Å². The first-order valence-corrected chi connectivity index (χ1v) is 8.23. The topological polar surface area (TPSA) is 38.9 Å². The number of pyridine rings is 1. The molecule has 2 nitrogen and oxygen atoms in total. The molecule has 1 aromatic carbocycles. The third-order valence-electron chi connectivity index (χ3n) is 5.27. The summed E-state index contributed by atoms with van der Waals surface area (Å²) in [4.78, 5) is 4.61. The second kappa shape index (κ2) is 5.76. The van der Waals surface area contributed by atoms with Gasteiger partial charge in [0.15, 0.2) is 0 Å². The predicted molar refractivity (Wildman–Crippen MR) is 89.0 cm³/mol. The molecule has 2 heteroatoms. The minimum Gasteiger partial charge on any atom is -0.321 e. The van der Waals surface area contributed by atoms with E-state index < -0.39 is 0 Å². The smallest absolute Gasteiger partial charge is 0.0752 e. The maximum atomic E-state index is 6.87. The number of hydrogen-bond acceptors (Lipinski definition) is 2. The fourth-order valence-electron chi connectivity index (χ4n) is 3.83. The van der Waals surface area contributed by atoms with Gasteiger partial charge < -0.3 is 5.73 Å². The molecule has 2 aromatic rings. The predicted octanol–water partition coefficient (Wildman–Crippen LogP) is 4.63. The van der Waals surface area contributed by atoms with Crippen molar-refractivity contribution in [3.63, 3.8) is 0 Å². The van der Waals surface area contributed by atoms with E-state index in [-0.39, 0.29) is 5.54 Å². The van der Waals surface area contributed by atoms with Gasteiger partial charge in [0, 0.05) is 17.1 Å². The van der Waals surface area contributed by atoms with Crippen molar-refractivity contribution in [2.75, 3.05) is 0 Å². The molecule has 2 unspecified atom stereocenters. The third kappa shape index (κ3) is 2.82. The maximum absolute atomic E-state index is 6.87. The van der Waals surface area contributed by atoms with Crippen LogP contribution in [0.25, 0.3) is 10.9 Å². The molecule has 1 heterocycles. The Kier molecular flexibility index (Phi) is 3.99. The van der Waals surface area contributed by atoms with E-state index in [2.05, 4.69) is 43.1 Å². The zero-order chi connectivity index (χ0) is 14.9. The minimum atomic E-state index is -0.211. The largest absolute Gasteiger partial charge is 0.321 e. The second-order valence-electron chi connectivity index (χ2n) is 6.97. The third-order valence-corrected chi connectivity index (χ3v) is 5.27. The van der Waals surface area contributed by atoms with Gasteiger partial charge in [-0.25, -0.2) is 0 Å². The van der Waals surface area contributed by atoms with E-state index >= 15 is 0 Å². The number of rotatable bonds is 2. The van der Waals surface area contributed by atoms with E-state index in [1.165, 1.54) is 30.2 Å². The van der Waals surface area contributed by atoms with Crippen LogP contribution in [-0.2, 0) is 5.54 Å². The first-order valence-electron chi connectivity index (χ1n) is 8.23. The second-order valence-corrected chi connectivity index (χ2v) is 6.97. The lowest BCUT2D eigenvalue weighted by Crippen LogP contribution is -2.36. The van der Waals surface area contributed by atoms with Gasteiger partial charge in [-0.1, -0.05) is 51.0 Å². The molecular formula is C19H26N2. The van der Waals surface area contributed by atoms with Gasteiger partial charge in [-0.3, -0.25) is 4.98 Å². The molecule has 3 rings (SSSR count). The zero-order valence-corrected chi connectivity index (χ0v) is 13.2. The average Bonchev–Trinajstić information content (AvgIpc) is 2.69. The van der Waals surface area contributed by atoms with Crippen molar-refractivity contribution in [1.29, 1.82) is 0 Å². The van der Waals surface area contributed by atoms with Gasteiger partial charge in [0.05, 0.1) is 5.52 Å². The number of benzene rings is 1. The van der Waals surface area contributed by atoms with Crippen molar-refractivity contribution < 1.29 is 0 Å². The Hall–Kier alpha value is -1.41. The SMILES string of the molecule is CC(C)C1CCCC(N)(c2cccc3cccnc23)CC1. The normalized spacial score (nSPS) is 27.0. The molecule has 1 aliphatic rings. The van der Waals surface area contributed by atoms with Crippen LogP contribution in [0.5, 0.6) is 0 Å². The molecule has 0 aliphatic heterocycles. The van der Waals surface area contributed by atoms with Crippen molar-refractivity contribution in [3.05, 3.63) is 42.1 Å². The number of aromatic nitrogens is 1. The quantitative estimate of drug-likeness (QED) is 0.816. The molecule has 0 amide bonds. The number of nitrogens with two attached hydrogens (primary N) is 1. The summed E-state index contributed by atoms with van der Waals surface area (Å²) in [7, 11) is 0. The summed E-state index contributed by atoms with van der Waals surface area (Å²) in [5, 5.41) is 1.20. The Balaban J connectivity index is 1.97. The molecule has 0 saturated heterocycles. The van der Waals surface area contributed by atoms with E-state index in [0.29, 0.717) is 0 Å². The molecule has 112 valence electrons.